The summed E-state index contributed by atoms with van der Waals surface area (Å²) in [5, 5.41) is 4.10. The van der Waals surface area contributed by atoms with Crippen molar-refractivity contribution in [3.05, 3.63) is 52.9 Å². The maximum absolute atomic E-state index is 13.1. The summed E-state index contributed by atoms with van der Waals surface area (Å²) in [4.78, 5) is 11.6. The number of aromatic nitrogens is 2. The van der Waals surface area contributed by atoms with Crippen LogP contribution in [0.4, 0.5) is 8.78 Å². The highest BCUT2D eigenvalue weighted by atomic mass is 19.2. The van der Waals surface area contributed by atoms with E-state index < -0.39 is 17.6 Å². The summed E-state index contributed by atoms with van der Waals surface area (Å²) < 4.78 is 32.4. The van der Waals surface area contributed by atoms with Crippen molar-refractivity contribution >= 4 is 5.97 Å². The third kappa shape index (κ3) is 3.01. The molecule has 0 aliphatic rings. The van der Waals surface area contributed by atoms with Crippen molar-refractivity contribution in [2.75, 3.05) is 6.61 Å². The highest BCUT2D eigenvalue weighted by molar-refractivity contribution is 5.87. The Morgan fingerprint density at radius 1 is 1.30 bits per heavy atom. The Bertz CT molecular complexity index is 638. The summed E-state index contributed by atoms with van der Waals surface area (Å²) in [6.07, 6.45) is 0. The predicted octanol–water partition coefficient (Wildman–Crippen LogP) is 2.69. The lowest BCUT2D eigenvalue weighted by Gasteiger charge is -2.05. The summed E-state index contributed by atoms with van der Waals surface area (Å²) >= 11 is 0. The standard InChI is InChI=1S/C14H14F2N2O2/c1-3-20-14(19)13-6-9(2)18(17-13)8-10-4-5-11(15)12(16)7-10/h4-7H,3,8H2,1-2H3. The minimum Gasteiger partial charge on any atom is -0.461 e. The Labute approximate surface area is 115 Å². The van der Waals surface area contributed by atoms with E-state index in [1.54, 1.807) is 24.6 Å². The normalized spacial score (nSPS) is 10.6. The highest BCUT2D eigenvalue weighted by Crippen LogP contribution is 2.12. The van der Waals surface area contributed by atoms with Crippen LogP contribution in [0.1, 0.15) is 28.7 Å². The van der Waals surface area contributed by atoms with Gasteiger partial charge in [0.25, 0.3) is 0 Å². The van der Waals surface area contributed by atoms with Gasteiger partial charge in [-0.25, -0.2) is 13.6 Å². The summed E-state index contributed by atoms with van der Waals surface area (Å²) in [6, 6.07) is 5.25. The molecular weight excluding hydrogens is 266 g/mol. The fourth-order valence-corrected chi connectivity index (χ4v) is 1.79. The Balaban J connectivity index is 2.21. The van der Waals surface area contributed by atoms with E-state index in [0.29, 0.717) is 5.56 Å². The molecule has 0 aliphatic heterocycles. The SMILES string of the molecule is CCOC(=O)c1cc(C)n(Cc2ccc(F)c(F)c2)n1. The molecule has 0 aliphatic carbocycles. The van der Waals surface area contributed by atoms with Crippen molar-refractivity contribution in [1.29, 1.82) is 0 Å². The van der Waals surface area contributed by atoms with Gasteiger partial charge in [-0.2, -0.15) is 5.10 Å². The van der Waals surface area contributed by atoms with Gasteiger partial charge >= 0.3 is 5.97 Å². The van der Waals surface area contributed by atoms with Crippen LogP contribution in [0, 0.1) is 18.6 Å². The first kappa shape index (κ1) is 14.2. The van der Waals surface area contributed by atoms with Crippen molar-refractivity contribution in [2.45, 2.75) is 20.4 Å². The van der Waals surface area contributed by atoms with Crippen molar-refractivity contribution < 1.29 is 18.3 Å². The van der Waals surface area contributed by atoms with E-state index in [1.807, 2.05) is 0 Å². The first-order valence-electron chi connectivity index (χ1n) is 6.16. The number of hydrogen-bond acceptors (Lipinski definition) is 3. The topological polar surface area (TPSA) is 44.1 Å². The van der Waals surface area contributed by atoms with Gasteiger partial charge in [-0.05, 0) is 37.6 Å². The zero-order valence-electron chi connectivity index (χ0n) is 11.2. The van der Waals surface area contributed by atoms with Gasteiger partial charge in [0.1, 0.15) is 0 Å². The molecule has 1 heterocycles. The zero-order chi connectivity index (χ0) is 14.7. The smallest absolute Gasteiger partial charge is 0.358 e. The number of benzene rings is 1. The number of ether oxygens (including phenoxy) is 1. The summed E-state index contributed by atoms with van der Waals surface area (Å²) in [6.45, 7) is 4.01. The number of esters is 1. The van der Waals surface area contributed by atoms with E-state index in [4.69, 9.17) is 4.74 Å². The maximum Gasteiger partial charge on any atom is 0.358 e. The number of carbonyl (C=O) groups excluding carboxylic acids is 1. The van der Waals surface area contributed by atoms with Gasteiger partial charge in [0.05, 0.1) is 13.2 Å². The first-order chi connectivity index (χ1) is 9.51. The molecule has 0 fully saturated rings. The average Bonchev–Trinajstić information content (AvgIpc) is 2.76. The number of halogens is 2. The van der Waals surface area contributed by atoms with Gasteiger partial charge in [-0.3, -0.25) is 4.68 Å². The maximum atomic E-state index is 13.1. The van der Waals surface area contributed by atoms with E-state index in [2.05, 4.69) is 5.10 Å². The quantitative estimate of drug-likeness (QED) is 0.809. The molecule has 20 heavy (non-hydrogen) atoms. The molecule has 0 saturated carbocycles. The van der Waals surface area contributed by atoms with Crippen LogP contribution in [-0.4, -0.2) is 22.4 Å². The Kier molecular flexibility index (Phi) is 4.12. The molecule has 0 atom stereocenters. The molecule has 1 aromatic heterocycles. The molecule has 106 valence electrons. The fourth-order valence-electron chi connectivity index (χ4n) is 1.79. The molecule has 0 unspecified atom stereocenters. The lowest BCUT2D eigenvalue weighted by Crippen LogP contribution is -2.08. The molecular formula is C14H14F2N2O2. The number of carbonyl (C=O) groups is 1. The Hall–Kier alpha value is -2.24. The van der Waals surface area contributed by atoms with Gasteiger partial charge in [-0.15, -0.1) is 0 Å². The molecule has 0 bridgehead atoms. The van der Waals surface area contributed by atoms with Crippen LogP contribution in [-0.2, 0) is 11.3 Å². The van der Waals surface area contributed by atoms with Gasteiger partial charge in [0.15, 0.2) is 17.3 Å². The number of nitrogens with zero attached hydrogens (tertiary/aromatic N) is 2. The first-order valence-corrected chi connectivity index (χ1v) is 6.16. The van der Waals surface area contributed by atoms with E-state index in [0.717, 1.165) is 17.8 Å². The van der Waals surface area contributed by atoms with Crippen molar-refractivity contribution in [1.82, 2.24) is 9.78 Å². The van der Waals surface area contributed by atoms with Crippen molar-refractivity contribution in [2.24, 2.45) is 0 Å². The predicted molar refractivity (Wildman–Crippen MR) is 68.4 cm³/mol. The van der Waals surface area contributed by atoms with Crippen molar-refractivity contribution in [3.63, 3.8) is 0 Å². The molecule has 0 N–H and O–H groups in total. The molecule has 0 radical (unpaired) electrons. The van der Waals surface area contributed by atoms with Gasteiger partial charge in [0, 0.05) is 5.69 Å². The summed E-state index contributed by atoms with van der Waals surface area (Å²) in [5.41, 5.74) is 1.50. The van der Waals surface area contributed by atoms with E-state index in [1.165, 1.54) is 6.07 Å². The lowest BCUT2D eigenvalue weighted by molar-refractivity contribution is 0.0518. The molecule has 0 spiro atoms. The van der Waals surface area contributed by atoms with E-state index in [-0.39, 0.29) is 18.8 Å². The molecule has 0 saturated heterocycles. The Morgan fingerprint density at radius 3 is 2.70 bits per heavy atom. The van der Waals surface area contributed by atoms with Gasteiger partial charge in [0.2, 0.25) is 0 Å². The van der Waals surface area contributed by atoms with Gasteiger partial charge < -0.3 is 4.74 Å². The monoisotopic (exact) mass is 280 g/mol. The summed E-state index contributed by atoms with van der Waals surface area (Å²) in [5.74, 6) is -2.30. The van der Waals surface area contributed by atoms with E-state index in [9.17, 15) is 13.6 Å². The second-order valence-corrected chi connectivity index (χ2v) is 4.30. The number of rotatable bonds is 4. The number of hydrogen-bond donors (Lipinski definition) is 0. The van der Waals surface area contributed by atoms with Gasteiger partial charge in [-0.1, -0.05) is 6.07 Å². The molecule has 2 aromatic rings. The third-order valence-electron chi connectivity index (χ3n) is 2.78. The molecule has 6 heteroatoms. The van der Waals surface area contributed by atoms with Crippen molar-refractivity contribution in [3.8, 4) is 0 Å². The number of aryl methyl sites for hydroxylation is 1. The minimum atomic E-state index is -0.905. The summed E-state index contributed by atoms with van der Waals surface area (Å²) in [7, 11) is 0. The van der Waals surface area contributed by atoms with Crippen LogP contribution < -0.4 is 0 Å². The van der Waals surface area contributed by atoms with Crippen LogP contribution in [0.3, 0.4) is 0 Å². The minimum absolute atomic E-state index is 0.201. The van der Waals surface area contributed by atoms with Crippen LogP contribution >= 0.6 is 0 Å². The second kappa shape index (κ2) is 5.81. The second-order valence-electron chi connectivity index (χ2n) is 4.30. The van der Waals surface area contributed by atoms with Crippen LogP contribution in [0.15, 0.2) is 24.3 Å². The zero-order valence-corrected chi connectivity index (χ0v) is 11.2. The molecule has 2 rings (SSSR count). The highest BCUT2D eigenvalue weighted by Gasteiger charge is 2.13. The van der Waals surface area contributed by atoms with E-state index >= 15 is 0 Å². The average molecular weight is 280 g/mol. The Morgan fingerprint density at radius 2 is 2.05 bits per heavy atom. The third-order valence-corrected chi connectivity index (χ3v) is 2.78. The van der Waals surface area contributed by atoms with Crippen LogP contribution in [0.2, 0.25) is 0 Å². The molecule has 4 nitrogen and oxygen atoms in total. The lowest BCUT2D eigenvalue weighted by atomic mass is 10.2. The van der Waals surface area contributed by atoms with Crippen LogP contribution in [0.5, 0.6) is 0 Å². The van der Waals surface area contributed by atoms with Crippen LogP contribution in [0.25, 0.3) is 0 Å². The largest absolute Gasteiger partial charge is 0.461 e. The molecule has 0 amide bonds. The molecule has 1 aromatic carbocycles. The fraction of sp³-hybridized carbons (Fsp3) is 0.286.